The number of aliphatic imine (C=N–C) groups is 1. The predicted octanol–water partition coefficient (Wildman–Crippen LogP) is 6.66. The van der Waals surface area contributed by atoms with E-state index >= 15 is 0 Å². The van der Waals surface area contributed by atoms with Gasteiger partial charge in [-0.25, -0.2) is 13.4 Å². The number of sulfonamides is 1. The summed E-state index contributed by atoms with van der Waals surface area (Å²) in [5.41, 5.74) is -1.13. The molecule has 0 unspecified atom stereocenters. The second-order valence-electron chi connectivity index (χ2n) is 15.4. The van der Waals surface area contributed by atoms with Gasteiger partial charge in [0.1, 0.15) is 11.6 Å². The molecule has 1 saturated heterocycles. The first-order valence-corrected chi connectivity index (χ1v) is 23.1. The summed E-state index contributed by atoms with van der Waals surface area (Å²) < 4.78 is 81.5. The number of nitrogens with one attached hydrogen (secondary N) is 1. The number of fused-ring (bicyclic) bond motifs is 5. The summed E-state index contributed by atoms with van der Waals surface area (Å²) in [5.74, 6) is -0.0611. The van der Waals surface area contributed by atoms with E-state index in [1.54, 1.807) is 13.2 Å². The third-order valence-electron chi connectivity index (χ3n) is 10.7. The number of amidine groups is 1. The van der Waals surface area contributed by atoms with Gasteiger partial charge in [0.2, 0.25) is 0 Å². The summed E-state index contributed by atoms with van der Waals surface area (Å²) in [7, 11) is -9.64. The van der Waals surface area contributed by atoms with Gasteiger partial charge in [0, 0.05) is 42.2 Å². The van der Waals surface area contributed by atoms with Gasteiger partial charge in [0.25, 0.3) is 31.5 Å². The molecule has 2 bridgehead atoms. The Labute approximate surface area is 320 Å². The van der Waals surface area contributed by atoms with Gasteiger partial charge < -0.3 is 13.9 Å². The molecule has 1 aliphatic carbocycles. The SMILES string of the molecule is COc1cccc2c1[C@@H]1C[C@@](C)(O[C@@]13C=C(CCOS(=O)(=O)c1ccc([N+](=O)[O-])cc1)C(NS(=O)(=O)c1ccc([N+](=O)[O-])cc1)=N3)[C@@H]2O[Si](C)(C)C(C)(C)C. The maximum absolute atomic E-state index is 13.8. The first-order chi connectivity index (χ1) is 25.5. The van der Waals surface area contributed by atoms with Gasteiger partial charge in [-0.05, 0) is 79.0 Å². The zero-order chi connectivity index (χ0) is 40.4. The van der Waals surface area contributed by atoms with Gasteiger partial charge in [-0.2, -0.15) is 8.42 Å². The molecule has 0 radical (unpaired) electrons. The molecule has 3 aliphatic rings. The normalized spacial score (nSPS) is 23.5. The van der Waals surface area contributed by atoms with Gasteiger partial charge in [-0.15, -0.1) is 0 Å². The Morgan fingerprint density at radius 2 is 1.53 bits per heavy atom. The van der Waals surface area contributed by atoms with Crippen molar-refractivity contribution in [1.82, 2.24) is 4.72 Å². The lowest BCUT2D eigenvalue weighted by Gasteiger charge is -2.45. The van der Waals surface area contributed by atoms with Gasteiger partial charge >= 0.3 is 0 Å². The monoisotopic (exact) mass is 814 g/mol. The molecule has 6 rings (SSSR count). The molecule has 2 heterocycles. The Bertz CT molecular complexity index is 2330. The van der Waals surface area contributed by atoms with Gasteiger partial charge in [-0.1, -0.05) is 32.9 Å². The molecule has 0 amide bonds. The van der Waals surface area contributed by atoms with E-state index in [9.17, 15) is 37.1 Å². The van der Waals surface area contributed by atoms with Crippen LogP contribution in [0, 0.1) is 20.2 Å². The van der Waals surface area contributed by atoms with E-state index in [-0.39, 0.29) is 44.0 Å². The molecule has 16 nitrogen and oxygen atoms in total. The second-order valence-corrected chi connectivity index (χ2v) is 23.5. The largest absolute Gasteiger partial charge is 0.496 e. The lowest BCUT2D eigenvalue weighted by Crippen LogP contribution is -2.48. The Balaban J connectivity index is 1.40. The predicted molar refractivity (Wildman–Crippen MR) is 203 cm³/mol. The molecule has 0 saturated carbocycles. The summed E-state index contributed by atoms with van der Waals surface area (Å²) in [6, 6.07) is 14.2. The Morgan fingerprint density at radius 3 is 2.07 bits per heavy atom. The van der Waals surface area contributed by atoms with E-state index in [1.165, 1.54) is 0 Å². The first-order valence-electron chi connectivity index (χ1n) is 17.3. The smallest absolute Gasteiger partial charge is 0.296 e. The van der Waals surface area contributed by atoms with Crippen LogP contribution in [-0.2, 0) is 33.5 Å². The van der Waals surface area contributed by atoms with E-state index in [0.717, 1.165) is 59.7 Å². The molecule has 3 aromatic carbocycles. The van der Waals surface area contributed by atoms with Crippen LogP contribution in [-0.4, -0.2) is 65.9 Å². The highest BCUT2D eigenvalue weighted by Gasteiger charge is 2.64. The van der Waals surface area contributed by atoms with Crippen LogP contribution in [0.4, 0.5) is 11.4 Å². The van der Waals surface area contributed by atoms with E-state index in [2.05, 4.69) is 38.6 Å². The van der Waals surface area contributed by atoms with Crippen LogP contribution in [0.3, 0.4) is 0 Å². The Kier molecular flexibility index (Phi) is 10.1. The van der Waals surface area contributed by atoms with Gasteiger partial charge in [-0.3, -0.25) is 29.1 Å². The quantitative estimate of drug-likeness (QED) is 0.0879. The molecule has 4 atom stereocenters. The molecule has 2 aliphatic heterocycles. The minimum atomic E-state index is -4.39. The van der Waals surface area contributed by atoms with Crippen molar-refractivity contribution in [2.24, 2.45) is 4.99 Å². The fourth-order valence-electron chi connectivity index (χ4n) is 6.94. The molecule has 0 aromatic heterocycles. The van der Waals surface area contributed by atoms with Crippen LogP contribution < -0.4 is 9.46 Å². The van der Waals surface area contributed by atoms with Crippen LogP contribution in [0.5, 0.6) is 5.75 Å². The van der Waals surface area contributed by atoms with Crippen LogP contribution in [0.25, 0.3) is 0 Å². The van der Waals surface area contributed by atoms with Crippen molar-refractivity contribution in [1.29, 1.82) is 0 Å². The van der Waals surface area contributed by atoms with Crippen molar-refractivity contribution >= 4 is 45.7 Å². The molecule has 1 N–H and O–H groups in total. The topological polar surface area (TPSA) is 216 Å². The fraction of sp³-hybridized carbons (Fsp3) is 0.417. The van der Waals surface area contributed by atoms with Crippen LogP contribution in [0.15, 0.2) is 93.2 Å². The molecule has 19 heteroatoms. The highest BCUT2D eigenvalue weighted by molar-refractivity contribution is 7.90. The lowest BCUT2D eigenvalue weighted by molar-refractivity contribution is -0.385. The molecule has 1 fully saturated rings. The minimum Gasteiger partial charge on any atom is -0.496 e. The first kappa shape index (κ1) is 40.1. The number of rotatable bonds is 12. The summed E-state index contributed by atoms with van der Waals surface area (Å²) in [5, 5.41) is 22.2. The van der Waals surface area contributed by atoms with Crippen molar-refractivity contribution in [3.8, 4) is 5.75 Å². The third kappa shape index (κ3) is 7.43. The average molecular weight is 815 g/mol. The molecule has 3 aromatic rings. The van der Waals surface area contributed by atoms with Crippen molar-refractivity contribution in [3.05, 3.63) is 110 Å². The number of nitrogens with zero attached hydrogens (tertiary/aromatic N) is 3. The van der Waals surface area contributed by atoms with E-state index < -0.39 is 68.3 Å². The standard InChI is InChI=1S/C36H42N4O12S2Si/c1-34(2,3)55(6,7)51-32-28-9-8-10-30(49-5)31(28)29-22-35(32,4)52-36(29)21-23(19-20-50-54(47,48)27-17-13-25(14-18-27)40(43)44)33(37-36)38-53(45,46)26-15-11-24(12-16-26)39(41)42/h8-18,21,29,32H,19-20,22H2,1-7H3,(H,37,38)/t29-,32+,35+,36-/m0/s1. The highest BCUT2D eigenvalue weighted by atomic mass is 32.2. The van der Waals surface area contributed by atoms with E-state index in [4.69, 9.17) is 23.1 Å². The van der Waals surface area contributed by atoms with Crippen LogP contribution >= 0.6 is 0 Å². The molecule has 294 valence electrons. The van der Waals surface area contributed by atoms with E-state index in [0.29, 0.717) is 12.2 Å². The van der Waals surface area contributed by atoms with Crippen LogP contribution in [0.2, 0.25) is 18.1 Å². The number of methoxy groups -OCH3 is 1. The zero-order valence-electron chi connectivity index (χ0n) is 31.3. The number of hydrogen-bond donors (Lipinski definition) is 1. The van der Waals surface area contributed by atoms with Crippen LogP contribution in [0.1, 0.15) is 63.7 Å². The maximum atomic E-state index is 13.8. The molecular weight excluding hydrogens is 773 g/mol. The number of benzene rings is 3. The lowest BCUT2D eigenvalue weighted by atomic mass is 9.72. The van der Waals surface area contributed by atoms with Crippen molar-refractivity contribution in [3.63, 3.8) is 0 Å². The second kappa shape index (κ2) is 13.9. The average Bonchev–Trinajstić information content (AvgIpc) is 3.57. The number of nitro groups is 2. The summed E-state index contributed by atoms with van der Waals surface area (Å²) in [6.45, 7) is 12.2. The number of non-ortho nitro benzene ring substituents is 2. The molecular formula is C36H42N4O12S2Si. The van der Waals surface area contributed by atoms with Crippen molar-refractivity contribution in [2.45, 2.75) is 91.8 Å². The minimum absolute atomic E-state index is 0.135. The Morgan fingerprint density at radius 1 is 0.945 bits per heavy atom. The number of nitro benzene ring substituents is 2. The number of ether oxygens (including phenoxy) is 2. The summed E-state index contributed by atoms with van der Waals surface area (Å²) in [6.07, 6.45) is 1.38. The van der Waals surface area contributed by atoms with Gasteiger partial charge in [0.05, 0.1) is 45.1 Å². The Hall–Kier alpha value is -4.53. The van der Waals surface area contributed by atoms with Gasteiger partial charge in [0.15, 0.2) is 14.0 Å². The third-order valence-corrected chi connectivity index (χ3v) is 17.9. The molecule has 55 heavy (non-hydrogen) atoms. The van der Waals surface area contributed by atoms with E-state index in [1.807, 2.05) is 25.1 Å². The molecule has 1 spiro atoms. The summed E-state index contributed by atoms with van der Waals surface area (Å²) >= 11 is 0. The number of hydrogen-bond acceptors (Lipinski definition) is 13. The highest BCUT2D eigenvalue weighted by Crippen LogP contribution is 2.64. The maximum Gasteiger partial charge on any atom is 0.296 e. The van der Waals surface area contributed by atoms with Crippen molar-refractivity contribution < 1.29 is 44.8 Å². The van der Waals surface area contributed by atoms with Crippen molar-refractivity contribution in [2.75, 3.05) is 13.7 Å². The zero-order valence-corrected chi connectivity index (χ0v) is 33.9. The fourth-order valence-corrected chi connectivity index (χ4v) is 10.2. The summed E-state index contributed by atoms with van der Waals surface area (Å²) in [4.78, 5) is 25.4.